The van der Waals surface area contributed by atoms with Crippen LogP contribution in [0.1, 0.15) is 43.0 Å². The minimum Gasteiger partial charge on any atom is -0.383 e. The van der Waals surface area contributed by atoms with Crippen molar-refractivity contribution in [3.63, 3.8) is 0 Å². The third kappa shape index (κ3) is 2.55. The molecule has 1 aliphatic carbocycles. The number of anilines is 2. The molecule has 1 atom stereocenters. The van der Waals surface area contributed by atoms with Gasteiger partial charge in [0.1, 0.15) is 17.5 Å². The number of nitrogens with zero attached hydrogens (tertiary/aromatic N) is 2. The summed E-state index contributed by atoms with van der Waals surface area (Å²) in [5, 5.41) is 4.19. The molecule has 2 heterocycles. The van der Waals surface area contributed by atoms with Gasteiger partial charge in [0.2, 0.25) is 0 Å². The smallest absolute Gasteiger partial charge is 0.136 e. The van der Waals surface area contributed by atoms with Gasteiger partial charge in [0, 0.05) is 23.3 Å². The van der Waals surface area contributed by atoms with Gasteiger partial charge < -0.3 is 11.1 Å². The van der Waals surface area contributed by atoms with Gasteiger partial charge in [-0.1, -0.05) is 0 Å². The maximum atomic E-state index is 5.97. The van der Waals surface area contributed by atoms with E-state index < -0.39 is 0 Å². The van der Waals surface area contributed by atoms with Crippen molar-refractivity contribution in [2.24, 2.45) is 0 Å². The number of hydrogen-bond donors (Lipinski definition) is 2. The summed E-state index contributed by atoms with van der Waals surface area (Å²) < 4.78 is 0. The van der Waals surface area contributed by atoms with Gasteiger partial charge in [0.05, 0.1) is 0 Å². The van der Waals surface area contributed by atoms with E-state index in [4.69, 9.17) is 5.73 Å². The molecule has 1 saturated carbocycles. The Morgan fingerprint density at radius 2 is 2.17 bits per heavy atom. The summed E-state index contributed by atoms with van der Waals surface area (Å²) in [6, 6.07) is 0. The summed E-state index contributed by atoms with van der Waals surface area (Å²) in [5.41, 5.74) is 6.96. The topological polar surface area (TPSA) is 63.8 Å². The first-order valence-corrected chi connectivity index (χ1v) is 7.78. The molecule has 2 aliphatic rings. The van der Waals surface area contributed by atoms with Crippen molar-refractivity contribution in [3.05, 3.63) is 11.4 Å². The fourth-order valence-corrected chi connectivity index (χ4v) is 3.47. The highest BCUT2D eigenvalue weighted by molar-refractivity contribution is 8.00. The van der Waals surface area contributed by atoms with E-state index in [0.29, 0.717) is 11.7 Å². The molecule has 4 nitrogen and oxygen atoms in total. The van der Waals surface area contributed by atoms with Crippen LogP contribution in [0, 0.1) is 6.92 Å². The molecule has 18 heavy (non-hydrogen) atoms. The molecule has 0 radical (unpaired) electrons. The van der Waals surface area contributed by atoms with Crippen LogP contribution in [0.4, 0.5) is 11.6 Å². The first-order chi connectivity index (χ1) is 8.74. The van der Waals surface area contributed by atoms with Crippen molar-refractivity contribution in [3.8, 4) is 0 Å². The van der Waals surface area contributed by atoms with E-state index in [9.17, 15) is 0 Å². The summed E-state index contributed by atoms with van der Waals surface area (Å²) in [4.78, 5) is 9.04. The third-order valence-electron chi connectivity index (χ3n) is 3.66. The summed E-state index contributed by atoms with van der Waals surface area (Å²) in [5.74, 6) is 4.35. The van der Waals surface area contributed by atoms with E-state index in [1.165, 1.54) is 31.4 Å². The lowest BCUT2D eigenvalue weighted by Crippen LogP contribution is -2.16. The average molecular weight is 264 g/mol. The Balaban J connectivity index is 1.72. The van der Waals surface area contributed by atoms with Gasteiger partial charge in [-0.2, -0.15) is 11.8 Å². The zero-order valence-electron chi connectivity index (χ0n) is 10.8. The van der Waals surface area contributed by atoms with E-state index in [1.54, 1.807) is 0 Å². The SMILES string of the molecule is Cc1c(N)nc(C2CC2)nc1NCC1CCCS1. The minimum absolute atomic E-state index is 0.550. The van der Waals surface area contributed by atoms with Crippen LogP contribution in [0.5, 0.6) is 0 Å². The first-order valence-electron chi connectivity index (χ1n) is 6.73. The molecule has 1 aromatic heterocycles. The van der Waals surface area contributed by atoms with Crippen LogP contribution in [0.2, 0.25) is 0 Å². The highest BCUT2D eigenvalue weighted by Gasteiger charge is 2.28. The van der Waals surface area contributed by atoms with Crippen LogP contribution in [0.3, 0.4) is 0 Å². The lowest BCUT2D eigenvalue weighted by atomic mass is 10.2. The van der Waals surface area contributed by atoms with E-state index in [2.05, 4.69) is 27.0 Å². The molecule has 2 fully saturated rings. The van der Waals surface area contributed by atoms with Crippen molar-refractivity contribution in [2.45, 2.75) is 43.8 Å². The number of aromatic nitrogens is 2. The van der Waals surface area contributed by atoms with Crippen molar-refractivity contribution in [1.82, 2.24) is 9.97 Å². The quantitative estimate of drug-likeness (QED) is 0.875. The third-order valence-corrected chi connectivity index (χ3v) is 5.06. The second-order valence-corrected chi connectivity index (χ2v) is 6.64. The van der Waals surface area contributed by atoms with Gasteiger partial charge in [-0.25, -0.2) is 9.97 Å². The lowest BCUT2D eigenvalue weighted by Gasteiger charge is -2.14. The Labute approximate surface area is 112 Å². The van der Waals surface area contributed by atoms with Gasteiger partial charge in [-0.05, 0) is 38.4 Å². The van der Waals surface area contributed by atoms with Gasteiger partial charge >= 0.3 is 0 Å². The number of nitrogens with two attached hydrogens (primary N) is 1. The normalized spacial score (nSPS) is 23.3. The van der Waals surface area contributed by atoms with Crippen molar-refractivity contribution >= 4 is 23.4 Å². The van der Waals surface area contributed by atoms with Crippen LogP contribution in [-0.2, 0) is 0 Å². The molecule has 1 unspecified atom stereocenters. The predicted molar refractivity (Wildman–Crippen MR) is 77.1 cm³/mol. The molecule has 1 saturated heterocycles. The van der Waals surface area contributed by atoms with Crippen molar-refractivity contribution in [1.29, 1.82) is 0 Å². The molecule has 0 spiro atoms. The van der Waals surface area contributed by atoms with E-state index in [0.717, 1.165) is 29.0 Å². The molecular formula is C13H20N4S. The van der Waals surface area contributed by atoms with Crippen LogP contribution in [0.25, 0.3) is 0 Å². The van der Waals surface area contributed by atoms with Crippen LogP contribution < -0.4 is 11.1 Å². The molecule has 0 bridgehead atoms. The van der Waals surface area contributed by atoms with Crippen LogP contribution >= 0.6 is 11.8 Å². The summed E-state index contributed by atoms with van der Waals surface area (Å²) in [6.45, 7) is 2.99. The molecule has 3 N–H and O–H groups in total. The van der Waals surface area contributed by atoms with Crippen LogP contribution in [-0.4, -0.2) is 27.5 Å². The van der Waals surface area contributed by atoms with E-state index in [1.807, 2.05) is 6.92 Å². The number of thioether (sulfide) groups is 1. The highest BCUT2D eigenvalue weighted by Crippen LogP contribution is 2.39. The van der Waals surface area contributed by atoms with Gasteiger partial charge in [-0.15, -0.1) is 0 Å². The molecule has 3 rings (SSSR count). The Bertz CT molecular complexity index is 439. The summed E-state index contributed by atoms with van der Waals surface area (Å²) in [7, 11) is 0. The largest absolute Gasteiger partial charge is 0.383 e. The molecule has 1 aliphatic heterocycles. The lowest BCUT2D eigenvalue weighted by molar-refractivity contribution is 0.800. The zero-order chi connectivity index (χ0) is 12.5. The van der Waals surface area contributed by atoms with Gasteiger partial charge in [-0.3, -0.25) is 0 Å². The van der Waals surface area contributed by atoms with E-state index in [-0.39, 0.29) is 0 Å². The average Bonchev–Trinajstić information content (AvgIpc) is 3.08. The number of nitrogen functional groups attached to an aromatic ring is 1. The molecular weight excluding hydrogens is 244 g/mol. The number of hydrogen-bond acceptors (Lipinski definition) is 5. The van der Waals surface area contributed by atoms with Crippen molar-refractivity contribution < 1.29 is 0 Å². The highest BCUT2D eigenvalue weighted by atomic mass is 32.2. The monoisotopic (exact) mass is 264 g/mol. The Morgan fingerprint density at radius 3 is 2.83 bits per heavy atom. The van der Waals surface area contributed by atoms with Crippen molar-refractivity contribution in [2.75, 3.05) is 23.3 Å². The summed E-state index contributed by atoms with van der Waals surface area (Å²) in [6.07, 6.45) is 5.07. The Morgan fingerprint density at radius 1 is 1.33 bits per heavy atom. The summed E-state index contributed by atoms with van der Waals surface area (Å²) >= 11 is 2.06. The second kappa shape index (κ2) is 4.96. The van der Waals surface area contributed by atoms with E-state index >= 15 is 0 Å². The second-order valence-electron chi connectivity index (χ2n) is 5.23. The van der Waals surface area contributed by atoms with Gasteiger partial charge in [0.15, 0.2) is 0 Å². The Kier molecular flexibility index (Phi) is 3.33. The fourth-order valence-electron chi connectivity index (χ4n) is 2.26. The first kappa shape index (κ1) is 12.1. The van der Waals surface area contributed by atoms with Crippen LogP contribution in [0.15, 0.2) is 0 Å². The molecule has 5 heteroatoms. The zero-order valence-corrected chi connectivity index (χ0v) is 11.6. The maximum absolute atomic E-state index is 5.97. The van der Waals surface area contributed by atoms with Gasteiger partial charge in [0.25, 0.3) is 0 Å². The molecule has 1 aromatic rings. The predicted octanol–water partition coefficient (Wildman–Crippen LogP) is 2.55. The maximum Gasteiger partial charge on any atom is 0.136 e. The molecule has 0 amide bonds. The Hall–Kier alpha value is -0.970. The molecule has 0 aromatic carbocycles. The minimum atomic E-state index is 0.550. The molecule has 98 valence electrons. The standard InChI is InChI=1S/C13H20N4S/c1-8-11(14)16-13(9-4-5-9)17-12(8)15-7-10-3-2-6-18-10/h9-10H,2-7H2,1H3,(H3,14,15,16,17). The fraction of sp³-hybridized carbons (Fsp3) is 0.692. The number of rotatable bonds is 4. The number of nitrogens with one attached hydrogen (secondary N) is 1.